The fourth-order valence-electron chi connectivity index (χ4n) is 2.89. The molecule has 1 aliphatic rings. The summed E-state index contributed by atoms with van der Waals surface area (Å²) in [5.74, 6) is 0.914. The van der Waals surface area contributed by atoms with Crippen LogP contribution in [0.3, 0.4) is 0 Å². The van der Waals surface area contributed by atoms with E-state index < -0.39 is 12.7 Å². The Morgan fingerprint density at radius 1 is 1.32 bits per heavy atom. The molecule has 2 N–H and O–H groups in total. The van der Waals surface area contributed by atoms with E-state index in [0.717, 1.165) is 39.1 Å². The number of ether oxygens (including phenoxy) is 1. The maximum atomic E-state index is 12.4. The summed E-state index contributed by atoms with van der Waals surface area (Å²) in [5, 5.41) is 6.45. The number of aliphatic imine (C=N–C) groups is 1. The summed E-state index contributed by atoms with van der Waals surface area (Å²) in [5.41, 5.74) is 0. The second kappa shape index (κ2) is 11.5. The predicted molar refractivity (Wildman–Crippen MR) is 94.0 cm³/mol. The summed E-state index contributed by atoms with van der Waals surface area (Å²) in [6.07, 6.45) is -2.34. The molecule has 0 spiro atoms. The van der Waals surface area contributed by atoms with Crippen molar-refractivity contribution in [2.45, 2.75) is 19.0 Å². The molecule has 6 nitrogen and oxygen atoms in total. The lowest BCUT2D eigenvalue weighted by Crippen LogP contribution is -2.43. The van der Waals surface area contributed by atoms with Crippen LogP contribution in [0.1, 0.15) is 12.8 Å². The molecule has 9 heteroatoms. The number of likely N-dealkylation sites (tertiary alicyclic amines) is 1. The number of halogens is 3. The number of alkyl halides is 3. The highest BCUT2D eigenvalue weighted by atomic mass is 19.4. The minimum absolute atomic E-state index is 0.220. The van der Waals surface area contributed by atoms with Gasteiger partial charge in [0.1, 0.15) is 0 Å². The summed E-state index contributed by atoms with van der Waals surface area (Å²) in [6.45, 7) is 4.17. The molecule has 1 atom stereocenters. The van der Waals surface area contributed by atoms with Crippen molar-refractivity contribution in [3.8, 4) is 0 Å². The quantitative estimate of drug-likeness (QED) is 0.343. The van der Waals surface area contributed by atoms with E-state index in [1.165, 1.54) is 4.90 Å². The third-order valence-corrected chi connectivity index (χ3v) is 4.23. The summed E-state index contributed by atoms with van der Waals surface area (Å²) < 4.78 is 42.3. The van der Waals surface area contributed by atoms with Crippen molar-refractivity contribution in [3.05, 3.63) is 0 Å². The van der Waals surface area contributed by atoms with E-state index in [-0.39, 0.29) is 5.92 Å². The Morgan fingerprint density at radius 3 is 2.72 bits per heavy atom. The van der Waals surface area contributed by atoms with E-state index in [0.29, 0.717) is 25.6 Å². The van der Waals surface area contributed by atoms with Crippen LogP contribution in [0.2, 0.25) is 0 Å². The zero-order valence-electron chi connectivity index (χ0n) is 15.5. The van der Waals surface area contributed by atoms with Crippen LogP contribution in [0.4, 0.5) is 13.2 Å². The van der Waals surface area contributed by atoms with E-state index in [9.17, 15) is 13.2 Å². The molecule has 0 aromatic heterocycles. The number of hydrogen-bond donors (Lipinski definition) is 2. The van der Waals surface area contributed by atoms with Gasteiger partial charge in [-0.2, -0.15) is 13.2 Å². The minimum atomic E-state index is -4.12. The third kappa shape index (κ3) is 10.5. The van der Waals surface area contributed by atoms with E-state index in [1.54, 1.807) is 14.2 Å². The van der Waals surface area contributed by atoms with Crippen LogP contribution in [-0.4, -0.2) is 95.6 Å². The average molecular weight is 367 g/mol. The van der Waals surface area contributed by atoms with Gasteiger partial charge in [-0.25, -0.2) is 0 Å². The fourth-order valence-corrected chi connectivity index (χ4v) is 2.89. The van der Waals surface area contributed by atoms with E-state index in [2.05, 4.69) is 27.6 Å². The largest absolute Gasteiger partial charge is 0.401 e. The fraction of sp³-hybridized carbons (Fsp3) is 0.938. The molecule has 1 rings (SSSR count). The molecule has 1 fully saturated rings. The second-order valence-electron chi connectivity index (χ2n) is 6.53. The summed E-state index contributed by atoms with van der Waals surface area (Å²) in [6, 6.07) is 0. The molecule has 0 saturated carbocycles. The van der Waals surface area contributed by atoms with Gasteiger partial charge in [0.05, 0.1) is 6.54 Å². The Kier molecular flexibility index (Phi) is 10.1. The highest BCUT2D eigenvalue weighted by Crippen LogP contribution is 2.22. The lowest BCUT2D eigenvalue weighted by Gasteiger charge is -2.20. The Balaban J connectivity index is 2.16. The highest BCUT2D eigenvalue weighted by Gasteiger charge is 2.34. The van der Waals surface area contributed by atoms with E-state index in [1.807, 2.05) is 0 Å². The van der Waals surface area contributed by atoms with Crippen molar-refractivity contribution in [2.75, 3.05) is 73.6 Å². The maximum Gasteiger partial charge on any atom is 0.401 e. The molecule has 1 heterocycles. The van der Waals surface area contributed by atoms with Crippen LogP contribution < -0.4 is 10.6 Å². The number of hydrogen-bond acceptors (Lipinski definition) is 4. The first-order valence-electron chi connectivity index (χ1n) is 8.75. The second-order valence-corrected chi connectivity index (χ2v) is 6.53. The first-order valence-corrected chi connectivity index (χ1v) is 8.75. The zero-order chi connectivity index (χ0) is 18.7. The number of methoxy groups -OCH3 is 1. The molecule has 1 aliphatic heterocycles. The zero-order valence-corrected chi connectivity index (χ0v) is 15.5. The lowest BCUT2D eigenvalue weighted by molar-refractivity contribution is -0.143. The van der Waals surface area contributed by atoms with Crippen LogP contribution in [0, 0.1) is 5.92 Å². The monoisotopic (exact) mass is 367 g/mol. The van der Waals surface area contributed by atoms with Gasteiger partial charge in [0, 0.05) is 53.5 Å². The number of likely N-dealkylation sites (N-methyl/N-ethyl adjacent to an activating group) is 1. The van der Waals surface area contributed by atoms with Gasteiger partial charge in [0.2, 0.25) is 0 Å². The molecule has 0 aromatic carbocycles. The van der Waals surface area contributed by atoms with Crippen molar-refractivity contribution < 1.29 is 17.9 Å². The van der Waals surface area contributed by atoms with Crippen LogP contribution in [0.25, 0.3) is 0 Å². The first-order chi connectivity index (χ1) is 11.8. The Hall–Kier alpha value is -1.06. The highest BCUT2D eigenvalue weighted by molar-refractivity contribution is 5.79. The van der Waals surface area contributed by atoms with Gasteiger partial charge < -0.3 is 20.3 Å². The van der Waals surface area contributed by atoms with Gasteiger partial charge in [0.15, 0.2) is 5.96 Å². The molecular weight excluding hydrogens is 335 g/mol. The third-order valence-electron chi connectivity index (χ3n) is 4.23. The lowest BCUT2D eigenvalue weighted by atomic mass is 10.1. The number of nitrogens with one attached hydrogen (secondary N) is 2. The normalized spacial score (nSPS) is 19.6. The summed E-state index contributed by atoms with van der Waals surface area (Å²) in [4.78, 5) is 7.85. The van der Waals surface area contributed by atoms with Crippen molar-refractivity contribution in [2.24, 2.45) is 10.9 Å². The Bertz CT molecular complexity index is 392. The molecule has 0 radical (unpaired) electrons. The molecule has 0 aliphatic carbocycles. The van der Waals surface area contributed by atoms with E-state index >= 15 is 0 Å². The van der Waals surface area contributed by atoms with Gasteiger partial charge in [-0.3, -0.25) is 9.89 Å². The van der Waals surface area contributed by atoms with Crippen LogP contribution in [0.15, 0.2) is 4.99 Å². The van der Waals surface area contributed by atoms with Gasteiger partial charge in [0.25, 0.3) is 0 Å². The smallest absolute Gasteiger partial charge is 0.385 e. The topological polar surface area (TPSA) is 52.1 Å². The number of nitrogens with zero attached hydrogens (tertiary/aromatic N) is 3. The van der Waals surface area contributed by atoms with Crippen molar-refractivity contribution in [1.29, 1.82) is 0 Å². The Labute approximate surface area is 148 Å². The van der Waals surface area contributed by atoms with Crippen molar-refractivity contribution >= 4 is 5.96 Å². The van der Waals surface area contributed by atoms with Crippen molar-refractivity contribution in [1.82, 2.24) is 20.4 Å². The van der Waals surface area contributed by atoms with E-state index in [4.69, 9.17) is 4.74 Å². The SMILES string of the molecule is CN=C(NCCN(C)CCCOC)NCC1CCN(CC(F)(F)F)C1. The van der Waals surface area contributed by atoms with Crippen LogP contribution in [0.5, 0.6) is 0 Å². The van der Waals surface area contributed by atoms with Crippen molar-refractivity contribution in [3.63, 3.8) is 0 Å². The van der Waals surface area contributed by atoms with Gasteiger partial charge in [-0.15, -0.1) is 0 Å². The van der Waals surface area contributed by atoms with Gasteiger partial charge >= 0.3 is 6.18 Å². The minimum Gasteiger partial charge on any atom is -0.385 e. The molecule has 148 valence electrons. The Morgan fingerprint density at radius 2 is 2.08 bits per heavy atom. The standard InChI is InChI=1S/C16H32F3N5O/c1-20-15(21-6-9-23(2)7-4-10-25-3)22-11-14-5-8-24(12-14)13-16(17,18)19/h14H,4-13H2,1-3H3,(H2,20,21,22). The maximum absolute atomic E-state index is 12.4. The predicted octanol–water partition coefficient (Wildman–Crippen LogP) is 1.00. The molecule has 0 amide bonds. The molecule has 0 bridgehead atoms. The van der Waals surface area contributed by atoms with Gasteiger partial charge in [-0.1, -0.05) is 0 Å². The molecule has 25 heavy (non-hydrogen) atoms. The summed E-state index contributed by atoms with van der Waals surface area (Å²) in [7, 11) is 5.45. The summed E-state index contributed by atoms with van der Waals surface area (Å²) >= 11 is 0. The first kappa shape index (κ1) is 22.0. The average Bonchev–Trinajstić information content (AvgIpc) is 2.96. The van der Waals surface area contributed by atoms with Crippen LogP contribution in [-0.2, 0) is 4.74 Å². The number of rotatable bonds is 10. The van der Waals surface area contributed by atoms with Gasteiger partial charge in [-0.05, 0) is 32.4 Å². The molecule has 0 aromatic rings. The molecular formula is C16H32F3N5O. The van der Waals surface area contributed by atoms with Crippen LogP contribution >= 0.6 is 0 Å². The number of guanidine groups is 1. The molecule has 1 saturated heterocycles. The molecule has 1 unspecified atom stereocenters.